The zero-order chi connectivity index (χ0) is 24.5. The van der Waals surface area contributed by atoms with Crippen molar-refractivity contribution in [1.29, 1.82) is 0 Å². The number of thiazole rings is 1. The van der Waals surface area contributed by atoms with Gasteiger partial charge in [-0.2, -0.15) is 5.10 Å². The molecule has 0 radical (unpaired) electrons. The standard InChI is InChI=1S/C27H20N6O2S/c1-17-6-8-18(9-7-17)24-16-36-27(31-24)32-26(34)21-12-23(19-4-2-10-28-13-19)30-25-22(21)14-29-33(25)15-20-5-3-11-35-20/h2-14,16H,15H2,1H3,(H,31,32,34). The SMILES string of the molecule is Cc1ccc(-c2csc(NC(=O)c3cc(-c4cccnc4)nc4c3cnn4Cc3ccco3)n2)cc1. The zero-order valence-electron chi connectivity index (χ0n) is 19.3. The monoisotopic (exact) mass is 492 g/mol. The van der Waals surface area contributed by atoms with Crippen molar-refractivity contribution in [3.8, 4) is 22.5 Å². The molecule has 36 heavy (non-hydrogen) atoms. The fourth-order valence-electron chi connectivity index (χ4n) is 3.92. The first kappa shape index (κ1) is 21.9. The number of aromatic nitrogens is 5. The van der Waals surface area contributed by atoms with Gasteiger partial charge in [0.05, 0.1) is 34.8 Å². The number of nitrogens with one attached hydrogen (secondary N) is 1. The van der Waals surface area contributed by atoms with Crippen LogP contribution in [0.4, 0.5) is 5.13 Å². The topological polar surface area (TPSA) is 98.7 Å². The summed E-state index contributed by atoms with van der Waals surface area (Å²) < 4.78 is 7.21. The molecule has 0 saturated heterocycles. The first-order valence-electron chi connectivity index (χ1n) is 11.3. The van der Waals surface area contributed by atoms with E-state index in [9.17, 15) is 4.79 Å². The number of fused-ring (bicyclic) bond motifs is 1. The Morgan fingerprint density at radius 2 is 1.92 bits per heavy atom. The molecule has 1 amide bonds. The van der Waals surface area contributed by atoms with E-state index in [1.165, 1.54) is 16.9 Å². The summed E-state index contributed by atoms with van der Waals surface area (Å²) in [6.07, 6.45) is 6.70. The van der Waals surface area contributed by atoms with Gasteiger partial charge in [-0.05, 0) is 37.3 Å². The fourth-order valence-corrected chi connectivity index (χ4v) is 4.63. The largest absolute Gasteiger partial charge is 0.467 e. The van der Waals surface area contributed by atoms with Gasteiger partial charge in [0.15, 0.2) is 10.8 Å². The number of carbonyl (C=O) groups is 1. The molecule has 0 aliphatic rings. The van der Waals surface area contributed by atoms with Crippen molar-refractivity contribution in [2.24, 2.45) is 0 Å². The number of hydrogen-bond acceptors (Lipinski definition) is 7. The number of rotatable bonds is 6. The van der Waals surface area contributed by atoms with E-state index in [-0.39, 0.29) is 5.91 Å². The van der Waals surface area contributed by atoms with E-state index >= 15 is 0 Å². The third kappa shape index (κ3) is 4.27. The number of furan rings is 1. The lowest BCUT2D eigenvalue weighted by atomic mass is 10.1. The smallest absolute Gasteiger partial charge is 0.258 e. The predicted molar refractivity (Wildman–Crippen MR) is 139 cm³/mol. The van der Waals surface area contributed by atoms with Crippen LogP contribution in [0, 0.1) is 6.92 Å². The maximum Gasteiger partial charge on any atom is 0.258 e. The van der Waals surface area contributed by atoms with Gasteiger partial charge >= 0.3 is 0 Å². The zero-order valence-corrected chi connectivity index (χ0v) is 20.1. The molecule has 0 spiro atoms. The normalized spacial score (nSPS) is 11.1. The summed E-state index contributed by atoms with van der Waals surface area (Å²) in [6, 6.07) is 17.3. The predicted octanol–water partition coefficient (Wildman–Crippen LogP) is 5.82. The summed E-state index contributed by atoms with van der Waals surface area (Å²) in [5, 5.41) is 10.5. The number of benzene rings is 1. The van der Waals surface area contributed by atoms with Gasteiger partial charge in [-0.15, -0.1) is 11.3 Å². The van der Waals surface area contributed by atoms with Gasteiger partial charge < -0.3 is 4.42 Å². The summed E-state index contributed by atoms with van der Waals surface area (Å²) in [6.45, 7) is 2.44. The Kier molecular flexibility index (Phi) is 5.59. The highest BCUT2D eigenvalue weighted by Crippen LogP contribution is 2.28. The molecular weight excluding hydrogens is 472 g/mol. The lowest BCUT2D eigenvalue weighted by molar-refractivity contribution is 0.102. The minimum absolute atomic E-state index is 0.283. The molecule has 5 heterocycles. The molecule has 0 fully saturated rings. The fraction of sp³-hybridized carbons (Fsp3) is 0.0741. The average molecular weight is 493 g/mol. The van der Waals surface area contributed by atoms with Crippen LogP contribution in [0.2, 0.25) is 0 Å². The van der Waals surface area contributed by atoms with Crippen LogP contribution in [0.5, 0.6) is 0 Å². The Morgan fingerprint density at radius 3 is 2.69 bits per heavy atom. The van der Waals surface area contributed by atoms with Crippen LogP contribution in [0.3, 0.4) is 0 Å². The van der Waals surface area contributed by atoms with Gasteiger partial charge in [0.2, 0.25) is 0 Å². The van der Waals surface area contributed by atoms with Gasteiger partial charge in [-0.1, -0.05) is 29.8 Å². The lowest BCUT2D eigenvalue weighted by Crippen LogP contribution is -2.13. The van der Waals surface area contributed by atoms with Gasteiger partial charge in [0.1, 0.15) is 12.3 Å². The quantitative estimate of drug-likeness (QED) is 0.315. The molecule has 9 heteroatoms. The van der Waals surface area contributed by atoms with Gasteiger partial charge in [-0.3, -0.25) is 15.1 Å². The molecule has 0 bridgehead atoms. The van der Waals surface area contributed by atoms with Crippen LogP contribution in [-0.4, -0.2) is 30.6 Å². The molecule has 6 rings (SSSR count). The second kappa shape index (κ2) is 9.20. The number of anilines is 1. The van der Waals surface area contributed by atoms with Crippen LogP contribution < -0.4 is 5.32 Å². The first-order valence-corrected chi connectivity index (χ1v) is 12.2. The molecule has 6 aromatic rings. The third-order valence-corrected chi connectivity index (χ3v) is 6.53. The van der Waals surface area contributed by atoms with E-state index in [1.807, 2.05) is 60.8 Å². The molecular formula is C27H20N6O2S. The molecule has 0 aliphatic carbocycles. The number of pyridine rings is 2. The highest BCUT2D eigenvalue weighted by molar-refractivity contribution is 7.14. The molecule has 176 valence electrons. The summed E-state index contributed by atoms with van der Waals surface area (Å²) >= 11 is 1.38. The Morgan fingerprint density at radius 1 is 1.03 bits per heavy atom. The summed E-state index contributed by atoms with van der Waals surface area (Å²) in [4.78, 5) is 27.1. The Bertz CT molecular complexity index is 1650. The molecule has 1 aromatic carbocycles. The number of hydrogen-bond donors (Lipinski definition) is 1. The Hall–Kier alpha value is -4.63. The second-order valence-corrected chi connectivity index (χ2v) is 9.13. The number of aryl methyl sites for hydroxylation is 1. The van der Waals surface area contributed by atoms with Crippen molar-refractivity contribution in [3.63, 3.8) is 0 Å². The molecule has 0 saturated carbocycles. The number of carbonyl (C=O) groups excluding carboxylic acids is 1. The van der Waals surface area contributed by atoms with E-state index in [1.54, 1.807) is 35.6 Å². The molecule has 8 nitrogen and oxygen atoms in total. The molecule has 0 unspecified atom stereocenters. The number of nitrogens with zero attached hydrogens (tertiary/aromatic N) is 5. The highest BCUT2D eigenvalue weighted by atomic mass is 32.1. The molecule has 0 aliphatic heterocycles. The van der Waals surface area contributed by atoms with Crippen LogP contribution in [-0.2, 0) is 6.54 Å². The van der Waals surface area contributed by atoms with Crippen LogP contribution in [0.15, 0.2) is 89.2 Å². The second-order valence-electron chi connectivity index (χ2n) is 8.27. The van der Waals surface area contributed by atoms with E-state index in [0.717, 1.165) is 22.6 Å². The van der Waals surface area contributed by atoms with Crippen molar-refractivity contribution >= 4 is 33.4 Å². The summed E-state index contributed by atoms with van der Waals surface area (Å²) in [5.41, 5.74) is 5.46. The Balaban J connectivity index is 1.37. The minimum Gasteiger partial charge on any atom is -0.467 e. The van der Waals surface area contributed by atoms with Crippen molar-refractivity contribution in [1.82, 2.24) is 24.7 Å². The van der Waals surface area contributed by atoms with Crippen LogP contribution in [0.25, 0.3) is 33.5 Å². The molecule has 0 atom stereocenters. The van der Waals surface area contributed by atoms with Gasteiger partial charge in [0.25, 0.3) is 5.91 Å². The Labute approximate surface area is 210 Å². The van der Waals surface area contributed by atoms with Crippen LogP contribution >= 0.6 is 11.3 Å². The minimum atomic E-state index is -0.283. The molecule has 1 N–H and O–H groups in total. The van der Waals surface area contributed by atoms with Crippen molar-refractivity contribution in [2.75, 3.05) is 5.32 Å². The van der Waals surface area contributed by atoms with E-state index in [0.29, 0.717) is 34.0 Å². The summed E-state index contributed by atoms with van der Waals surface area (Å²) in [5.74, 6) is 0.459. The van der Waals surface area contributed by atoms with E-state index in [2.05, 4.69) is 20.4 Å². The van der Waals surface area contributed by atoms with Crippen molar-refractivity contribution < 1.29 is 9.21 Å². The average Bonchev–Trinajstić information content (AvgIpc) is 3.67. The van der Waals surface area contributed by atoms with E-state index in [4.69, 9.17) is 9.40 Å². The highest BCUT2D eigenvalue weighted by Gasteiger charge is 2.19. The number of amides is 1. The third-order valence-electron chi connectivity index (χ3n) is 5.77. The first-order chi connectivity index (χ1) is 17.6. The van der Waals surface area contributed by atoms with Gasteiger partial charge in [-0.25, -0.2) is 14.6 Å². The maximum atomic E-state index is 13.5. The summed E-state index contributed by atoms with van der Waals surface area (Å²) in [7, 11) is 0. The lowest BCUT2D eigenvalue weighted by Gasteiger charge is -2.08. The maximum absolute atomic E-state index is 13.5. The van der Waals surface area contributed by atoms with Crippen molar-refractivity contribution in [3.05, 3.63) is 102 Å². The molecule has 5 aromatic heterocycles. The van der Waals surface area contributed by atoms with Crippen LogP contribution in [0.1, 0.15) is 21.7 Å². The van der Waals surface area contributed by atoms with Crippen molar-refractivity contribution in [2.45, 2.75) is 13.5 Å². The van der Waals surface area contributed by atoms with E-state index < -0.39 is 0 Å². The van der Waals surface area contributed by atoms with Gasteiger partial charge in [0, 0.05) is 28.9 Å².